The number of hydrogen-bond acceptors (Lipinski definition) is 3. The zero-order valence-corrected chi connectivity index (χ0v) is 13.2. The molecule has 0 aliphatic carbocycles. The second-order valence-electron chi connectivity index (χ2n) is 5.29. The van der Waals surface area contributed by atoms with E-state index < -0.39 is 0 Å². The predicted octanol–water partition coefficient (Wildman–Crippen LogP) is 4.77. The van der Waals surface area contributed by atoms with Gasteiger partial charge in [-0.15, -0.1) is 0 Å². The zero-order chi connectivity index (χ0) is 16.9. The molecular weight excluding hydrogens is 296 g/mol. The molecular formula is C21H14N2O. The molecule has 0 radical (unpaired) electrons. The lowest BCUT2D eigenvalue weighted by molar-refractivity contribution is 0.415. The van der Waals surface area contributed by atoms with Gasteiger partial charge in [0.25, 0.3) is 0 Å². The van der Waals surface area contributed by atoms with Crippen LogP contribution in [0.5, 0.6) is 5.75 Å². The van der Waals surface area contributed by atoms with Crippen LogP contribution in [-0.4, -0.2) is 7.11 Å². The largest absolute Gasteiger partial charge is 0.497 e. The molecule has 0 aliphatic heterocycles. The first-order valence-corrected chi connectivity index (χ1v) is 7.44. The summed E-state index contributed by atoms with van der Waals surface area (Å²) in [5.74, 6) is 0.770. The van der Waals surface area contributed by atoms with Crippen LogP contribution in [0, 0.1) is 22.7 Å². The lowest BCUT2D eigenvalue weighted by atomic mass is 9.93. The van der Waals surface area contributed by atoms with Crippen LogP contribution < -0.4 is 4.74 Å². The van der Waals surface area contributed by atoms with Crippen molar-refractivity contribution in [1.82, 2.24) is 0 Å². The summed E-state index contributed by atoms with van der Waals surface area (Å²) in [7, 11) is 1.64. The molecule has 114 valence electrons. The van der Waals surface area contributed by atoms with Crippen molar-refractivity contribution < 1.29 is 4.74 Å². The minimum atomic E-state index is 0.626. The summed E-state index contributed by atoms with van der Waals surface area (Å²) in [6.07, 6.45) is 0. The van der Waals surface area contributed by atoms with E-state index in [1.165, 1.54) is 0 Å². The van der Waals surface area contributed by atoms with E-state index in [4.69, 9.17) is 15.3 Å². The Morgan fingerprint density at radius 3 is 1.62 bits per heavy atom. The van der Waals surface area contributed by atoms with Crippen molar-refractivity contribution in [2.24, 2.45) is 0 Å². The minimum absolute atomic E-state index is 0.626. The third-order valence-electron chi connectivity index (χ3n) is 3.88. The Kier molecular flexibility index (Phi) is 4.27. The number of hydrogen-bond donors (Lipinski definition) is 0. The van der Waals surface area contributed by atoms with Crippen molar-refractivity contribution in [3.8, 4) is 40.1 Å². The van der Waals surface area contributed by atoms with Crippen molar-refractivity contribution in [3.05, 3.63) is 77.9 Å². The quantitative estimate of drug-likeness (QED) is 0.700. The fraction of sp³-hybridized carbons (Fsp3) is 0.0476. The average molecular weight is 310 g/mol. The molecule has 0 bridgehead atoms. The van der Waals surface area contributed by atoms with Crippen LogP contribution in [-0.2, 0) is 0 Å². The van der Waals surface area contributed by atoms with Crippen LogP contribution >= 0.6 is 0 Å². The predicted molar refractivity (Wildman–Crippen MR) is 93.3 cm³/mol. The Bertz CT molecular complexity index is 943. The minimum Gasteiger partial charge on any atom is -0.497 e. The Morgan fingerprint density at radius 1 is 0.667 bits per heavy atom. The molecule has 0 amide bonds. The first kappa shape index (κ1) is 15.3. The summed E-state index contributed by atoms with van der Waals surface area (Å²) in [4.78, 5) is 0. The lowest BCUT2D eigenvalue weighted by Crippen LogP contribution is -1.89. The highest BCUT2D eigenvalue weighted by atomic mass is 16.5. The van der Waals surface area contributed by atoms with Crippen molar-refractivity contribution >= 4 is 0 Å². The fourth-order valence-corrected chi connectivity index (χ4v) is 2.59. The lowest BCUT2D eigenvalue weighted by Gasteiger charge is -2.12. The molecule has 3 heteroatoms. The standard InChI is InChI=1S/C21H14N2O/c1-24-19-10-11-20(17-6-2-15(13-22)3-7-17)21(12-19)18-8-4-16(14-23)5-9-18/h2-12H,1H3. The van der Waals surface area contributed by atoms with Gasteiger partial charge in [-0.1, -0.05) is 30.3 Å². The number of nitrogens with zero attached hydrogens (tertiary/aromatic N) is 2. The Balaban J connectivity index is 2.15. The molecule has 0 aromatic heterocycles. The highest BCUT2D eigenvalue weighted by molar-refractivity contribution is 5.84. The van der Waals surface area contributed by atoms with Gasteiger partial charge in [0.15, 0.2) is 0 Å². The van der Waals surface area contributed by atoms with E-state index >= 15 is 0 Å². The van der Waals surface area contributed by atoms with Crippen molar-refractivity contribution in [3.63, 3.8) is 0 Å². The normalized spacial score (nSPS) is 9.79. The molecule has 0 N–H and O–H groups in total. The van der Waals surface area contributed by atoms with Crippen LogP contribution in [0.25, 0.3) is 22.3 Å². The number of ether oxygens (including phenoxy) is 1. The van der Waals surface area contributed by atoms with Crippen LogP contribution in [0.1, 0.15) is 11.1 Å². The van der Waals surface area contributed by atoms with Gasteiger partial charge >= 0.3 is 0 Å². The third-order valence-corrected chi connectivity index (χ3v) is 3.88. The van der Waals surface area contributed by atoms with Crippen molar-refractivity contribution in [2.45, 2.75) is 0 Å². The van der Waals surface area contributed by atoms with Crippen molar-refractivity contribution in [2.75, 3.05) is 7.11 Å². The van der Waals surface area contributed by atoms with Crippen LogP contribution in [0.4, 0.5) is 0 Å². The summed E-state index contributed by atoms with van der Waals surface area (Å²) in [5, 5.41) is 17.9. The van der Waals surface area contributed by atoms with E-state index in [1.54, 1.807) is 19.2 Å². The summed E-state index contributed by atoms with van der Waals surface area (Å²) in [6, 6.07) is 25.1. The van der Waals surface area contributed by atoms with Gasteiger partial charge in [-0.05, 0) is 58.7 Å². The van der Waals surface area contributed by atoms with E-state index in [0.717, 1.165) is 28.0 Å². The van der Waals surface area contributed by atoms with Gasteiger partial charge in [-0.25, -0.2) is 0 Å². The van der Waals surface area contributed by atoms with Crippen LogP contribution in [0.2, 0.25) is 0 Å². The molecule has 3 aromatic carbocycles. The van der Waals surface area contributed by atoms with Gasteiger partial charge in [0.1, 0.15) is 5.75 Å². The number of rotatable bonds is 3. The smallest absolute Gasteiger partial charge is 0.119 e. The maximum Gasteiger partial charge on any atom is 0.119 e. The van der Waals surface area contributed by atoms with Gasteiger partial charge in [0.05, 0.1) is 30.4 Å². The van der Waals surface area contributed by atoms with Gasteiger partial charge in [-0.2, -0.15) is 10.5 Å². The molecule has 24 heavy (non-hydrogen) atoms. The van der Waals surface area contributed by atoms with Crippen molar-refractivity contribution in [1.29, 1.82) is 10.5 Å². The molecule has 3 rings (SSSR count). The molecule has 0 heterocycles. The average Bonchev–Trinajstić information content (AvgIpc) is 2.67. The molecule has 0 unspecified atom stereocenters. The molecule has 3 aromatic rings. The highest BCUT2D eigenvalue weighted by Crippen LogP contribution is 2.35. The second kappa shape index (κ2) is 6.69. The number of nitriles is 2. The summed E-state index contributed by atoms with van der Waals surface area (Å²) < 4.78 is 5.35. The second-order valence-corrected chi connectivity index (χ2v) is 5.29. The van der Waals surface area contributed by atoms with Gasteiger partial charge in [-0.3, -0.25) is 0 Å². The molecule has 0 fully saturated rings. The molecule has 0 atom stereocenters. The Hall–Kier alpha value is -3.56. The Labute approximate surface area is 141 Å². The first-order chi connectivity index (χ1) is 11.7. The van der Waals surface area contributed by atoms with E-state index in [9.17, 15) is 0 Å². The number of benzene rings is 3. The maximum absolute atomic E-state index is 8.97. The number of methoxy groups -OCH3 is 1. The summed E-state index contributed by atoms with van der Waals surface area (Å²) >= 11 is 0. The van der Waals surface area contributed by atoms with Gasteiger partial charge in [0, 0.05) is 0 Å². The topological polar surface area (TPSA) is 56.8 Å². The van der Waals surface area contributed by atoms with Crippen LogP contribution in [0.15, 0.2) is 66.7 Å². The SMILES string of the molecule is COc1ccc(-c2ccc(C#N)cc2)c(-c2ccc(C#N)cc2)c1. The Morgan fingerprint density at radius 2 is 1.17 bits per heavy atom. The highest BCUT2D eigenvalue weighted by Gasteiger charge is 2.09. The third kappa shape index (κ3) is 2.97. The van der Waals surface area contributed by atoms with E-state index in [0.29, 0.717) is 11.1 Å². The van der Waals surface area contributed by atoms with Gasteiger partial charge in [0.2, 0.25) is 0 Å². The maximum atomic E-state index is 8.97. The monoisotopic (exact) mass is 310 g/mol. The van der Waals surface area contributed by atoms with E-state index in [2.05, 4.69) is 12.1 Å². The summed E-state index contributed by atoms with van der Waals surface area (Å²) in [5.41, 5.74) is 5.35. The van der Waals surface area contributed by atoms with Crippen LogP contribution in [0.3, 0.4) is 0 Å². The molecule has 3 nitrogen and oxygen atoms in total. The van der Waals surface area contributed by atoms with E-state index in [1.807, 2.05) is 54.6 Å². The molecule has 0 aliphatic rings. The molecule has 0 saturated carbocycles. The zero-order valence-electron chi connectivity index (χ0n) is 13.2. The fourth-order valence-electron chi connectivity index (χ4n) is 2.59. The van der Waals surface area contributed by atoms with E-state index in [-0.39, 0.29) is 0 Å². The first-order valence-electron chi connectivity index (χ1n) is 7.44. The summed E-state index contributed by atoms with van der Waals surface area (Å²) in [6.45, 7) is 0. The molecule has 0 spiro atoms. The van der Waals surface area contributed by atoms with Gasteiger partial charge < -0.3 is 4.74 Å². The molecule has 0 saturated heterocycles.